The maximum absolute atomic E-state index is 12.0. The minimum Gasteiger partial charge on any atom is -0.326 e. The molecule has 4 rings (SSSR count). The molecule has 3 heteroatoms. The summed E-state index contributed by atoms with van der Waals surface area (Å²) >= 11 is 5.99. The van der Waals surface area contributed by atoms with Crippen molar-refractivity contribution in [3.8, 4) is 0 Å². The molecular formula is C18H16ClNO. The average molecular weight is 298 g/mol. The predicted octanol–water partition coefficient (Wildman–Crippen LogP) is 4.30. The van der Waals surface area contributed by atoms with Crippen LogP contribution >= 0.6 is 11.6 Å². The SMILES string of the molecule is O=C1CC(c2ccc(Cl)cc2)c2c(ccc3c2CCC3)N1. The molecule has 1 atom stereocenters. The number of carbonyl (C=O) groups excluding carboxylic acids is 1. The topological polar surface area (TPSA) is 29.1 Å². The number of hydrogen-bond acceptors (Lipinski definition) is 1. The molecule has 1 heterocycles. The van der Waals surface area contributed by atoms with Gasteiger partial charge < -0.3 is 5.32 Å². The fourth-order valence-electron chi connectivity index (χ4n) is 3.67. The van der Waals surface area contributed by atoms with E-state index in [0.717, 1.165) is 23.6 Å². The lowest BCUT2D eigenvalue weighted by molar-refractivity contribution is -0.116. The first kappa shape index (κ1) is 12.9. The molecule has 2 aliphatic rings. The standard InChI is InChI=1S/C18H16ClNO/c19-13-7-4-12(5-8-13)15-10-17(21)20-16-9-6-11-2-1-3-14(11)18(15)16/h4-9,15H,1-3,10H2,(H,20,21). The van der Waals surface area contributed by atoms with E-state index in [1.807, 2.05) is 24.3 Å². The van der Waals surface area contributed by atoms with Gasteiger partial charge in [-0.25, -0.2) is 0 Å². The number of hydrogen-bond donors (Lipinski definition) is 1. The van der Waals surface area contributed by atoms with Crippen LogP contribution in [0.25, 0.3) is 0 Å². The van der Waals surface area contributed by atoms with Gasteiger partial charge in [0, 0.05) is 23.0 Å². The van der Waals surface area contributed by atoms with Crippen molar-refractivity contribution in [2.75, 3.05) is 5.32 Å². The predicted molar refractivity (Wildman–Crippen MR) is 85.0 cm³/mol. The number of halogens is 1. The molecule has 0 saturated heterocycles. The Hall–Kier alpha value is -1.80. The number of carbonyl (C=O) groups is 1. The molecule has 0 spiro atoms. The molecule has 2 aromatic carbocycles. The van der Waals surface area contributed by atoms with Gasteiger partial charge in [0.15, 0.2) is 0 Å². The van der Waals surface area contributed by atoms with E-state index in [4.69, 9.17) is 11.6 Å². The minimum absolute atomic E-state index is 0.0976. The summed E-state index contributed by atoms with van der Waals surface area (Å²) in [5.74, 6) is 0.250. The molecule has 1 N–H and O–H groups in total. The quantitative estimate of drug-likeness (QED) is 0.835. The fourth-order valence-corrected chi connectivity index (χ4v) is 3.80. The van der Waals surface area contributed by atoms with Crippen LogP contribution in [0.15, 0.2) is 36.4 Å². The number of anilines is 1. The van der Waals surface area contributed by atoms with Crippen molar-refractivity contribution in [3.63, 3.8) is 0 Å². The van der Waals surface area contributed by atoms with Crippen LogP contribution in [0.1, 0.15) is 41.0 Å². The third-order valence-electron chi connectivity index (χ3n) is 4.61. The number of benzene rings is 2. The molecule has 1 aliphatic heterocycles. The van der Waals surface area contributed by atoms with E-state index in [1.54, 1.807) is 0 Å². The van der Waals surface area contributed by atoms with E-state index in [2.05, 4.69) is 17.4 Å². The van der Waals surface area contributed by atoms with Crippen molar-refractivity contribution in [1.82, 2.24) is 0 Å². The summed E-state index contributed by atoms with van der Waals surface area (Å²) in [4.78, 5) is 12.0. The summed E-state index contributed by atoms with van der Waals surface area (Å²) in [6, 6.07) is 12.1. The highest BCUT2D eigenvalue weighted by molar-refractivity contribution is 6.30. The highest BCUT2D eigenvalue weighted by atomic mass is 35.5. The molecule has 2 nitrogen and oxygen atoms in total. The lowest BCUT2D eigenvalue weighted by Gasteiger charge is -2.28. The van der Waals surface area contributed by atoms with Crippen LogP contribution in [-0.4, -0.2) is 5.91 Å². The first-order valence-electron chi connectivity index (χ1n) is 7.42. The van der Waals surface area contributed by atoms with Crippen molar-refractivity contribution in [1.29, 1.82) is 0 Å². The van der Waals surface area contributed by atoms with Crippen molar-refractivity contribution in [2.45, 2.75) is 31.6 Å². The molecule has 106 valence electrons. The molecule has 21 heavy (non-hydrogen) atoms. The van der Waals surface area contributed by atoms with Crippen LogP contribution < -0.4 is 5.32 Å². The largest absolute Gasteiger partial charge is 0.326 e. The van der Waals surface area contributed by atoms with Crippen LogP contribution in [0.2, 0.25) is 5.02 Å². The second-order valence-corrected chi connectivity index (χ2v) is 6.31. The van der Waals surface area contributed by atoms with Gasteiger partial charge in [-0.1, -0.05) is 29.8 Å². The number of nitrogens with one attached hydrogen (secondary N) is 1. The van der Waals surface area contributed by atoms with Gasteiger partial charge in [-0.2, -0.15) is 0 Å². The third kappa shape index (κ3) is 2.14. The lowest BCUT2D eigenvalue weighted by atomic mass is 9.81. The van der Waals surface area contributed by atoms with Crippen LogP contribution in [-0.2, 0) is 17.6 Å². The van der Waals surface area contributed by atoms with E-state index in [9.17, 15) is 4.79 Å². The molecule has 2 aromatic rings. The van der Waals surface area contributed by atoms with Crippen LogP contribution in [0.3, 0.4) is 0 Å². The van der Waals surface area contributed by atoms with Crippen LogP contribution in [0.5, 0.6) is 0 Å². The zero-order valence-electron chi connectivity index (χ0n) is 11.7. The average Bonchev–Trinajstić information content (AvgIpc) is 2.95. The Labute approximate surface area is 129 Å². The summed E-state index contributed by atoms with van der Waals surface area (Å²) in [6.07, 6.45) is 4.01. The molecule has 0 bridgehead atoms. The monoisotopic (exact) mass is 297 g/mol. The van der Waals surface area contributed by atoms with E-state index in [0.29, 0.717) is 6.42 Å². The smallest absolute Gasteiger partial charge is 0.225 e. The van der Waals surface area contributed by atoms with Gasteiger partial charge in [0.25, 0.3) is 0 Å². The van der Waals surface area contributed by atoms with Gasteiger partial charge >= 0.3 is 0 Å². The fraction of sp³-hybridized carbons (Fsp3) is 0.278. The number of amides is 1. The van der Waals surface area contributed by atoms with Crippen molar-refractivity contribution >= 4 is 23.2 Å². The van der Waals surface area contributed by atoms with E-state index < -0.39 is 0 Å². The molecular weight excluding hydrogens is 282 g/mol. The Morgan fingerprint density at radius 3 is 2.67 bits per heavy atom. The Morgan fingerprint density at radius 1 is 1.05 bits per heavy atom. The molecule has 1 amide bonds. The van der Waals surface area contributed by atoms with Crippen LogP contribution in [0, 0.1) is 0 Å². The lowest BCUT2D eigenvalue weighted by Crippen LogP contribution is -2.24. The Balaban J connectivity index is 1.88. The Morgan fingerprint density at radius 2 is 1.86 bits per heavy atom. The zero-order valence-corrected chi connectivity index (χ0v) is 12.4. The van der Waals surface area contributed by atoms with Gasteiger partial charge in [0.05, 0.1) is 0 Å². The first-order valence-corrected chi connectivity index (χ1v) is 7.80. The van der Waals surface area contributed by atoms with Gasteiger partial charge in [-0.3, -0.25) is 4.79 Å². The minimum atomic E-state index is 0.0976. The highest BCUT2D eigenvalue weighted by Gasteiger charge is 2.31. The van der Waals surface area contributed by atoms with E-state index >= 15 is 0 Å². The molecule has 0 fully saturated rings. The summed E-state index contributed by atoms with van der Waals surface area (Å²) in [5.41, 5.74) is 6.39. The van der Waals surface area contributed by atoms with Crippen LogP contribution in [0.4, 0.5) is 5.69 Å². The Kier molecular flexibility index (Phi) is 3.00. The number of fused-ring (bicyclic) bond motifs is 3. The summed E-state index contributed by atoms with van der Waals surface area (Å²) in [7, 11) is 0. The van der Waals surface area contributed by atoms with Gasteiger partial charge in [0.1, 0.15) is 0 Å². The number of rotatable bonds is 1. The second kappa shape index (κ2) is 4.88. The van der Waals surface area contributed by atoms with Crippen molar-refractivity contribution in [2.24, 2.45) is 0 Å². The maximum Gasteiger partial charge on any atom is 0.225 e. The zero-order chi connectivity index (χ0) is 14.4. The first-order chi connectivity index (χ1) is 10.2. The third-order valence-corrected chi connectivity index (χ3v) is 4.86. The van der Waals surface area contributed by atoms with Crippen molar-refractivity contribution < 1.29 is 4.79 Å². The van der Waals surface area contributed by atoms with E-state index in [1.165, 1.54) is 28.7 Å². The molecule has 1 aliphatic carbocycles. The maximum atomic E-state index is 12.0. The number of aryl methyl sites for hydroxylation is 1. The summed E-state index contributed by atoms with van der Waals surface area (Å²) in [5, 5.41) is 3.77. The molecule has 0 saturated carbocycles. The van der Waals surface area contributed by atoms with Gasteiger partial charge in [-0.15, -0.1) is 0 Å². The van der Waals surface area contributed by atoms with Crippen molar-refractivity contribution in [3.05, 3.63) is 63.7 Å². The van der Waals surface area contributed by atoms with E-state index in [-0.39, 0.29) is 11.8 Å². The second-order valence-electron chi connectivity index (χ2n) is 5.87. The molecule has 1 unspecified atom stereocenters. The van der Waals surface area contributed by atoms with Gasteiger partial charge in [-0.05, 0) is 59.7 Å². The van der Waals surface area contributed by atoms with Gasteiger partial charge in [0.2, 0.25) is 5.91 Å². The summed E-state index contributed by atoms with van der Waals surface area (Å²) < 4.78 is 0. The highest BCUT2D eigenvalue weighted by Crippen LogP contribution is 2.42. The Bertz CT molecular complexity index is 721. The summed E-state index contributed by atoms with van der Waals surface area (Å²) in [6.45, 7) is 0. The molecule has 0 aromatic heterocycles. The molecule has 0 radical (unpaired) electrons. The normalized spacial score (nSPS) is 19.9.